The van der Waals surface area contributed by atoms with Gasteiger partial charge in [-0.1, -0.05) is 35.9 Å². The van der Waals surface area contributed by atoms with Crippen molar-refractivity contribution in [2.24, 2.45) is 0 Å². The van der Waals surface area contributed by atoms with Gasteiger partial charge in [0.05, 0.1) is 23.3 Å². The lowest BCUT2D eigenvalue weighted by Gasteiger charge is -2.07. The number of hydrogen-bond acceptors (Lipinski definition) is 4. The second kappa shape index (κ2) is 6.07. The molecular formula is C18H13ClN4O2. The number of halogens is 1. The van der Waals surface area contributed by atoms with E-state index in [1.807, 2.05) is 36.4 Å². The molecule has 3 heterocycles. The highest BCUT2D eigenvalue weighted by Crippen LogP contribution is 2.30. The smallest absolute Gasteiger partial charge is 0.325 e. The molecule has 0 bridgehead atoms. The Hall–Kier alpha value is -3.12. The molecule has 0 aliphatic heterocycles. The number of H-pyrrole nitrogens is 2. The number of imidazole rings is 1. The summed E-state index contributed by atoms with van der Waals surface area (Å²) < 4.78 is 5.16. The van der Waals surface area contributed by atoms with Crippen LogP contribution in [-0.4, -0.2) is 27.0 Å². The van der Waals surface area contributed by atoms with E-state index in [4.69, 9.17) is 16.3 Å². The number of ether oxygens (including phenoxy) is 1. The summed E-state index contributed by atoms with van der Waals surface area (Å²) in [5.74, 6) is 0.563. The third kappa shape index (κ3) is 2.88. The van der Waals surface area contributed by atoms with Crippen LogP contribution in [0, 0.1) is 0 Å². The minimum absolute atomic E-state index is 0.308. The standard InChI is InChI=1S/C18H13ClN4O2/c1-25-15-8-12(6-7-20-15)10-2-4-11(5-3-10)16-13(19)9-14-17(22-16)23-18(24)21-14/h2-9H,1H3,(H2,21,22,23,24). The Morgan fingerprint density at radius 3 is 2.52 bits per heavy atom. The molecule has 3 aromatic heterocycles. The van der Waals surface area contributed by atoms with Gasteiger partial charge in [-0.15, -0.1) is 0 Å². The third-order valence-corrected chi connectivity index (χ3v) is 4.18. The number of methoxy groups -OCH3 is 1. The lowest BCUT2D eigenvalue weighted by Crippen LogP contribution is -1.99. The van der Waals surface area contributed by atoms with Crippen molar-refractivity contribution < 1.29 is 4.74 Å². The summed E-state index contributed by atoms with van der Waals surface area (Å²) in [6.45, 7) is 0. The Morgan fingerprint density at radius 2 is 1.76 bits per heavy atom. The predicted octanol–water partition coefficient (Wildman–Crippen LogP) is 3.64. The van der Waals surface area contributed by atoms with Crippen LogP contribution in [0.5, 0.6) is 5.88 Å². The summed E-state index contributed by atoms with van der Waals surface area (Å²) in [6, 6.07) is 13.3. The zero-order valence-electron chi connectivity index (χ0n) is 13.2. The van der Waals surface area contributed by atoms with Gasteiger partial charge >= 0.3 is 5.69 Å². The topological polar surface area (TPSA) is 83.7 Å². The summed E-state index contributed by atoms with van der Waals surface area (Å²) >= 11 is 6.32. The van der Waals surface area contributed by atoms with Gasteiger partial charge in [-0.25, -0.2) is 14.8 Å². The first-order chi connectivity index (χ1) is 12.1. The lowest BCUT2D eigenvalue weighted by atomic mass is 10.0. The molecule has 6 nitrogen and oxygen atoms in total. The summed E-state index contributed by atoms with van der Waals surface area (Å²) in [7, 11) is 1.59. The molecule has 0 aliphatic carbocycles. The summed E-state index contributed by atoms with van der Waals surface area (Å²) in [4.78, 5) is 25.2. The highest BCUT2D eigenvalue weighted by atomic mass is 35.5. The minimum Gasteiger partial charge on any atom is -0.481 e. The van der Waals surface area contributed by atoms with E-state index in [0.29, 0.717) is 27.8 Å². The van der Waals surface area contributed by atoms with Gasteiger partial charge in [-0.2, -0.15) is 0 Å². The maximum Gasteiger partial charge on any atom is 0.325 e. The van der Waals surface area contributed by atoms with Crippen molar-refractivity contribution in [1.82, 2.24) is 19.9 Å². The summed E-state index contributed by atoms with van der Waals surface area (Å²) in [5, 5.41) is 0.473. The first-order valence-corrected chi connectivity index (χ1v) is 7.91. The van der Waals surface area contributed by atoms with E-state index in [1.54, 1.807) is 19.4 Å². The quantitative estimate of drug-likeness (QED) is 0.589. The number of aromatic nitrogens is 4. The van der Waals surface area contributed by atoms with E-state index in [1.165, 1.54) is 0 Å². The molecule has 2 N–H and O–H groups in total. The molecule has 1 aromatic carbocycles. The Bertz CT molecular complexity index is 1120. The fourth-order valence-corrected chi connectivity index (χ4v) is 2.92. The normalized spacial score (nSPS) is 11.0. The molecule has 0 saturated heterocycles. The van der Waals surface area contributed by atoms with Crippen molar-refractivity contribution in [1.29, 1.82) is 0 Å². The maximum atomic E-state index is 11.4. The largest absolute Gasteiger partial charge is 0.481 e. The van der Waals surface area contributed by atoms with Crippen LogP contribution in [0.3, 0.4) is 0 Å². The van der Waals surface area contributed by atoms with Gasteiger partial charge in [0.2, 0.25) is 5.88 Å². The van der Waals surface area contributed by atoms with Gasteiger partial charge in [0, 0.05) is 17.8 Å². The van der Waals surface area contributed by atoms with Gasteiger partial charge in [0.15, 0.2) is 5.65 Å². The molecule has 0 unspecified atom stereocenters. The van der Waals surface area contributed by atoms with E-state index >= 15 is 0 Å². The monoisotopic (exact) mass is 352 g/mol. The minimum atomic E-state index is -0.308. The number of aromatic amines is 2. The zero-order chi connectivity index (χ0) is 17.4. The molecule has 4 aromatic rings. The highest BCUT2D eigenvalue weighted by molar-refractivity contribution is 6.33. The Morgan fingerprint density at radius 1 is 1.00 bits per heavy atom. The highest BCUT2D eigenvalue weighted by Gasteiger charge is 2.10. The summed E-state index contributed by atoms with van der Waals surface area (Å²) in [6.07, 6.45) is 1.71. The first-order valence-electron chi connectivity index (χ1n) is 7.53. The molecule has 0 saturated carbocycles. The number of nitrogens with one attached hydrogen (secondary N) is 2. The number of fused-ring (bicyclic) bond motifs is 1. The van der Waals surface area contributed by atoms with E-state index in [2.05, 4.69) is 19.9 Å². The molecule has 0 radical (unpaired) electrons. The van der Waals surface area contributed by atoms with Crippen molar-refractivity contribution in [2.75, 3.05) is 7.11 Å². The van der Waals surface area contributed by atoms with Crippen LogP contribution in [0.2, 0.25) is 5.02 Å². The van der Waals surface area contributed by atoms with Gasteiger partial charge in [0.1, 0.15) is 0 Å². The number of rotatable bonds is 3. The molecule has 0 aliphatic rings. The van der Waals surface area contributed by atoms with Gasteiger partial charge in [-0.05, 0) is 23.3 Å². The number of nitrogens with zero attached hydrogens (tertiary/aromatic N) is 2. The number of pyridine rings is 2. The third-order valence-electron chi connectivity index (χ3n) is 3.89. The van der Waals surface area contributed by atoms with Crippen molar-refractivity contribution in [3.05, 3.63) is 64.2 Å². The SMILES string of the molecule is COc1cc(-c2ccc(-c3nc4[nH]c(=O)[nH]c4cc3Cl)cc2)ccn1. The lowest BCUT2D eigenvalue weighted by molar-refractivity contribution is 0.398. The zero-order valence-corrected chi connectivity index (χ0v) is 14.0. The number of hydrogen-bond donors (Lipinski definition) is 2. The maximum absolute atomic E-state index is 11.4. The second-order valence-corrected chi connectivity index (χ2v) is 5.87. The molecular weight excluding hydrogens is 340 g/mol. The van der Waals surface area contributed by atoms with E-state index < -0.39 is 0 Å². The molecule has 25 heavy (non-hydrogen) atoms. The molecule has 0 spiro atoms. The van der Waals surface area contributed by atoms with Gasteiger partial charge in [-0.3, -0.25) is 4.98 Å². The second-order valence-electron chi connectivity index (χ2n) is 5.46. The average molecular weight is 353 g/mol. The van der Waals surface area contributed by atoms with Crippen molar-refractivity contribution in [2.45, 2.75) is 0 Å². The van der Waals surface area contributed by atoms with Crippen molar-refractivity contribution in [3.8, 4) is 28.3 Å². The Labute approximate surface area is 147 Å². The molecule has 4 rings (SSSR count). The summed E-state index contributed by atoms with van der Waals surface area (Å²) in [5.41, 5.74) is 4.26. The van der Waals surface area contributed by atoms with E-state index in [-0.39, 0.29) is 5.69 Å². The van der Waals surface area contributed by atoms with Crippen molar-refractivity contribution >= 4 is 22.8 Å². The molecule has 0 fully saturated rings. The first kappa shape index (κ1) is 15.4. The predicted molar refractivity (Wildman–Crippen MR) is 96.9 cm³/mol. The van der Waals surface area contributed by atoms with Gasteiger partial charge in [0.25, 0.3) is 0 Å². The van der Waals surface area contributed by atoms with Crippen LogP contribution < -0.4 is 10.4 Å². The van der Waals surface area contributed by atoms with E-state index in [0.717, 1.165) is 16.7 Å². The molecule has 0 atom stereocenters. The van der Waals surface area contributed by atoms with E-state index in [9.17, 15) is 4.79 Å². The van der Waals surface area contributed by atoms with Crippen LogP contribution in [0.25, 0.3) is 33.5 Å². The van der Waals surface area contributed by atoms with Crippen LogP contribution in [0.15, 0.2) is 53.5 Å². The fourth-order valence-electron chi connectivity index (χ4n) is 2.66. The molecule has 7 heteroatoms. The molecule has 124 valence electrons. The fraction of sp³-hybridized carbons (Fsp3) is 0.0556. The number of benzene rings is 1. The molecule has 0 amide bonds. The Balaban J connectivity index is 1.74. The van der Waals surface area contributed by atoms with Gasteiger partial charge < -0.3 is 9.72 Å². The Kier molecular flexibility index (Phi) is 3.74. The van der Waals surface area contributed by atoms with Crippen molar-refractivity contribution in [3.63, 3.8) is 0 Å². The van der Waals surface area contributed by atoms with Crippen LogP contribution >= 0.6 is 11.6 Å². The van der Waals surface area contributed by atoms with Crippen LogP contribution in [0.4, 0.5) is 0 Å². The van der Waals surface area contributed by atoms with Crippen LogP contribution in [-0.2, 0) is 0 Å². The van der Waals surface area contributed by atoms with Crippen LogP contribution in [0.1, 0.15) is 0 Å². The average Bonchev–Trinajstić information content (AvgIpc) is 3.00.